The summed E-state index contributed by atoms with van der Waals surface area (Å²) in [6.45, 7) is 2.45. The van der Waals surface area contributed by atoms with Crippen molar-refractivity contribution in [1.29, 1.82) is 0 Å². The molecule has 1 aromatic rings. The van der Waals surface area contributed by atoms with E-state index in [1.165, 1.54) is 0 Å². The zero-order valence-electron chi connectivity index (χ0n) is 10.2. The lowest BCUT2D eigenvalue weighted by atomic mass is 10.0. The molecule has 1 rings (SSSR count). The van der Waals surface area contributed by atoms with Crippen LogP contribution in [0.2, 0.25) is 0 Å². The highest BCUT2D eigenvalue weighted by Gasteiger charge is 2.14. The highest BCUT2D eigenvalue weighted by molar-refractivity contribution is 6.18. The number of hydrogen-bond donors (Lipinski definition) is 1. The fourth-order valence-electron chi connectivity index (χ4n) is 1.64. The Morgan fingerprint density at radius 2 is 2.18 bits per heavy atom. The van der Waals surface area contributed by atoms with Crippen LogP contribution in [-0.2, 0) is 11.2 Å². The predicted octanol–water partition coefficient (Wildman–Crippen LogP) is 2.23. The molecule has 0 aliphatic carbocycles. The van der Waals surface area contributed by atoms with Gasteiger partial charge in [0.25, 0.3) is 5.91 Å². The fraction of sp³-hybridized carbons (Fsp3) is 0.462. The fourth-order valence-corrected chi connectivity index (χ4v) is 1.81. The van der Waals surface area contributed by atoms with E-state index in [9.17, 15) is 4.79 Å². The third-order valence-electron chi connectivity index (χ3n) is 2.53. The molecule has 0 heterocycles. The molecule has 0 fully saturated rings. The lowest BCUT2D eigenvalue weighted by Gasteiger charge is -2.16. The van der Waals surface area contributed by atoms with E-state index in [0.717, 1.165) is 12.0 Å². The number of ether oxygens (including phenoxy) is 1. The summed E-state index contributed by atoms with van der Waals surface area (Å²) < 4.78 is 4.99. The van der Waals surface area contributed by atoms with Gasteiger partial charge in [-0.25, -0.2) is 0 Å². The van der Waals surface area contributed by atoms with E-state index in [4.69, 9.17) is 16.3 Å². The van der Waals surface area contributed by atoms with E-state index < -0.39 is 0 Å². The van der Waals surface area contributed by atoms with Gasteiger partial charge < -0.3 is 10.1 Å². The number of aryl methyl sites for hydroxylation is 1. The topological polar surface area (TPSA) is 38.3 Å². The van der Waals surface area contributed by atoms with Crippen LogP contribution in [-0.4, -0.2) is 31.5 Å². The molecule has 0 aromatic heterocycles. The first-order valence-corrected chi connectivity index (χ1v) is 6.20. The average molecular weight is 256 g/mol. The van der Waals surface area contributed by atoms with Gasteiger partial charge in [0.15, 0.2) is 0 Å². The lowest BCUT2D eigenvalue weighted by Crippen LogP contribution is -2.39. The van der Waals surface area contributed by atoms with Crippen LogP contribution < -0.4 is 5.32 Å². The van der Waals surface area contributed by atoms with Gasteiger partial charge in [0.1, 0.15) is 0 Å². The monoisotopic (exact) mass is 255 g/mol. The molecule has 1 amide bonds. The molecule has 17 heavy (non-hydrogen) atoms. The summed E-state index contributed by atoms with van der Waals surface area (Å²) in [6, 6.07) is 7.43. The summed E-state index contributed by atoms with van der Waals surface area (Å²) in [7, 11) is 1.59. The second-order valence-electron chi connectivity index (χ2n) is 3.79. The quantitative estimate of drug-likeness (QED) is 0.792. The molecule has 0 aliphatic heterocycles. The van der Waals surface area contributed by atoms with Crippen molar-refractivity contribution in [2.45, 2.75) is 19.4 Å². The van der Waals surface area contributed by atoms with Gasteiger partial charge in [-0.1, -0.05) is 25.1 Å². The van der Waals surface area contributed by atoms with Gasteiger partial charge in [-0.15, -0.1) is 11.6 Å². The van der Waals surface area contributed by atoms with Gasteiger partial charge in [-0.3, -0.25) is 4.79 Å². The van der Waals surface area contributed by atoms with E-state index in [-0.39, 0.29) is 11.9 Å². The predicted molar refractivity (Wildman–Crippen MR) is 69.7 cm³/mol. The van der Waals surface area contributed by atoms with Crippen molar-refractivity contribution in [3.63, 3.8) is 0 Å². The Bertz CT molecular complexity index is 368. The van der Waals surface area contributed by atoms with E-state index in [1.54, 1.807) is 7.11 Å². The van der Waals surface area contributed by atoms with Crippen LogP contribution in [0.15, 0.2) is 24.3 Å². The molecule has 0 aliphatic rings. The lowest BCUT2D eigenvalue weighted by molar-refractivity contribution is 0.0906. The van der Waals surface area contributed by atoms with Gasteiger partial charge in [-0.05, 0) is 18.1 Å². The molecule has 0 radical (unpaired) electrons. The minimum Gasteiger partial charge on any atom is -0.383 e. The molecule has 0 saturated heterocycles. The third kappa shape index (κ3) is 4.02. The number of nitrogens with one attached hydrogen (secondary N) is 1. The summed E-state index contributed by atoms with van der Waals surface area (Å²) in [5.41, 5.74) is 1.75. The Labute approximate surface area is 107 Å². The number of amides is 1. The second-order valence-corrected chi connectivity index (χ2v) is 4.10. The van der Waals surface area contributed by atoms with Crippen LogP contribution in [0.1, 0.15) is 22.8 Å². The SMILES string of the molecule is CCc1ccccc1C(=O)NC(CCl)COC. The molecule has 94 valence electrons. The Kier molecular flexibility index (Phi) is 6.01. The first kappa shape index (κ1) is 14.0. The summed E-state index contributed by atoms with van der Waals surface area (Å²) >= 11 is 5.76. The maximum atomic E-state index is 12.0. The molecule has 0 spiro atoms. The molecule has 1 unspecified atom stereocenters. The number of carbonyl (C=O) groups excluding carboxylic acids is 1. The Hall–Kier alpha value is -1.06. The normalized spacial score (nSPS) is 12.2. The summed E-state index contributed by atoms with van der Waals surface area (Å²) in [5, 5.41) is 2.86. The van der Waals surface area contributed by atoms with Crippen LogP contribution in [0.25, 0.3) is 0 Å². The summed E-state index contributed by atoms with van der Waals surface area (Å²) in [6.07, 6.45) is 0.833. The van der Waals surface area contributed by atoms with Crippen molar-refractivity contribution in [2.24, 2.45) is 0 Å². The van der Waals surface area contributed by atoms with Crippen LogP contribution in [0.5, 0.6) is 0 Å². The van der Waals surface area contributed by atoms with Crippen LogP contribution in [0.3, 0.4) is 0 Å². The Morgan fingerprint density at radius 3 is 2.76 bits per heavy atom. The van der Waals surface area contributed by atoms with Crippen LogP contribution in [0, 0.1) is 0 Å². The highest BCUT2D eigenvalue weighted by atomic mass is 35.5. The maximum Gasteiger partial charge on any atom is 0.251 e. The van der Waals surface area contributed by atoms with Gasteiger partial charge >= 0.3 is 0 Å². The Balaban J connectivity index is 2.75. The molecule has 1 N–H and O–H groups in total. The minimum atomic E-state index is -0.154. The number of carbonyl (C=O) groups is 1. The number of halogens is 1. The molecular formula is C13H18ClNO2. The standard InChI is InChI=1S/C13H18ClNO2/c1-3-10-6-4-5-7-12(10)13(16)15-11(8-14)9-17-2/h4-7,11H,3,8-9H2,1-2H3,(H,15,16). The first-order chi connectivity index (χ1) is 8.22. The largest absolute Gasteiger partial charge is 0.383 e. The molecule has 1 aromatic carbocycles. The molecular weight excluding hydrogens is 238 g/mol. The zero-order valence-corrected chi connectivity index (χ0v) is 11.0. The number of hydrogen-bond acceptors (Lipinski definition) is 2. The molecule has 4 heteroatoms. The highest BCUT2D eigenvalue weighted by Crippen LogP contribution is 2.09. The summed E-state index contributed by atoms with van der Waals surface area (Å²) in [5.74, 6) is 0.249. The van der Waals surface area contributed by atoms with Crippen LogP contribution in [0.4, 0.5) is 0 Å². The average Bonchev–Trinajstić information content (AvgIpc) is 2.38. The number of alkyl halides is 1. The smallest absolute Gasteiger partial charge is 0.251 e. The number of methoxy groups -OCH3 is 1. The second kappa shape index (κ2) is 7.30. The maximum absolute atomic E-state index is 12.0. The van der Waals surface area contributed by atoms with E-state index in [0.29, 0.717) is 18.1 Å². The van der Waals surface area contributed by atoms with Crippen molar-refractivity contribution in [1.82, 2.24) is 5.32 Å². The van der Waals surface area contributed by atoms with Gasteiger partial charge in [0, 0.05) is 18.6 Å². The molecule has 3 nitrogen and oxygen atoms in total. The van der Waals surface area contributed by atoms with Crippen LogP contribution >= 0.6 is 11.6 Å². The summed E-state index contributed by atoms with van der Waals surface area (Å²) in [4.78, 5) is 12.0. The van der Waals surface area contributed by atoms with Gasteiger partial charge in [0.2, 0.25) is 0 Å². The van der Waals surface area contributed by atoms with Crippen molar-refractivity contribution in [2.75, 3.05) is 19.6 Å². The van der Waals surface area contributed by atoms with E-state index in [2.05, 4.69) is 5.32 Å². The van der Waals surface area contributed by atoms with E-state index >= 15 is 0 Å². The third-order valence-corrected chi connectivity index (χ3v) is 2.90. The van der Waals surface area contributed by atoms with Crippen molar-refractivity contribution in [3.8, 4) is 0 Å². The Morgan fingerprint density at radius 1 is 1.47 bits per heavy atom. The molecule has 0 saturated carbocycles. The van der Waals surface area contributed by atoms with Crippen molar-refractivity contribution >= 4 is 17.5 Å². The number of rotatable bonds is 6. The van der Waals surface area contributed by atoms with Gasteiger partial charge in [0.05, 0.1) is 12.6 Å². The molecule has 0 bridgehead atoms. The van der Waals surface area contributed by atoms with Crippen molar-refractivity contribution < 1.29 is 9.53 Å². The van der Waals surface area contributed by atoms with E-state index in [1.807, 2.05) is 31.2 Å². The minimum absolute atomic E-state index is 0.0925. The zero-order chi connectivity index (χ0) is 12.7. The molecule has 1 atom stereocenters. The van der Waals surface area contributed by atoms with Crippen molar-refractivity contribution in [3.05, 3.63) is 35.4 Å². The first-order valence-electron chi connectivity index (χ1n) is 5.66. The van der Waals surface area contributed by atoms with Gasteiger partial charge in [-0.2, -0.15) is 0 Å². The number of benzene rings is 1.